The zero-order chi connectivity index (χ0) is 9.97. The normalized spacial score (nSPS) is 16.4. The van der Waals surface area contributed by atoms with Crippen LogP contribution in [0.2, 0.25) is 0 Å². The van der Waals surface area contributed by atoms with Gasteiger partial charge in [0.05, 0.1) is 0 Å². The highest BCUT2D eigenvalue weighted by molar-refractivity contribution is 5.48. The first kappa shape index (κ1) is 9.34. The first-order valence-electron chi connectivity index (χ1n) is 4.88. The fraction of sp³-hybridized carbons (Fsp3) is 0.455. The number of hydrogen-bond acceptors (Lipinski definition) is 3. The smallest absolute Gasteiger partial charge is 0.166 e. The first-order chi connectivity index (χ1) is 6.83. The van der Waals surface area contributed by atoms with E-state index in [4.69, 9.17) is 9.47 Å². The molecule has 1 aliphatic heterocycles. The molecule has 2 rings (SSSR count). The van der Waals surface area contributed by atoms with Crippen molar-refractivity contribution >= 4 is 0 Å². The second-order valence-corrected chi connectivity index (χ2v) is 3.38. The fourth-order valence-corrected chi connectivity index (χ4v) is 1.59. The molecule has 1 aliphatic rings. The molecule has 0 amide bonds. The van der Waals surface area contributed by atoms with Crippen LogP contribution in [0.25, 0.3) is 0 Å². The Hall–Kier alpha value is -1.22. The summed E-state index contributed by atoms with van der Waals surface area (Å²) < 4.78 is 11.1. The zero-order valence-corrected chi connectivity index (χ0v) is 8.54. The number of hydrogen-bond donors (Lipinski definition) is 1. The van der Waals surface area contributed by atoms with Crippen molar-refractivity contribution in [1.82, 2.24) is 5.32 Å². The van der Waals surface area contributed by atoms with E-state index in [0.717, 1.165) is 17.1 Å². The summed E-state index contributed by atoms with van der Waals surface area (Å²) >= 11 is 0. The monoisotopic (exact) mass is 193 g/mol. The zero-order valence-electron chi connectivity index (χ0n) is 8.54. The highest BCUT2D eigenvalue weighted by Gasteiger charge is 2.17. The topological polar surface area (TPSA) is 30.5 Å². The Balaban J connectivity index is 2.39. The first-order valence-corrected chi connectivity index (χ1v) is 4.88. The number of ether oxygens (including phenoxy) is 2. The van der Waals surface area contributed by atoms with Gasteiger partial charge in [0, 0.05) is 11.6 Å². The summed E-state index contributed by atoms with van der Waals surface area (Å²) in [6.07, 6.45) is 0. The van der Waals surface area contributed by atoms with E-state index >= 15 is 0 Å². The second kappa shape index (κ2) is 3.88. The van der Waals surface area contributed by atoms with E-state index in [9.17, 15) is 0 Å². The summed E-state index contributed by atoms with van der Waals surface area (Å²) in [7, 11) is 1.94. The molecule has 0 aromatic heterocycles. The largest absolute Gasteiger partial charge is 0.486 e. The minimum atomic E-state index is 0.284. The maximum Gasteiger partial charge on any atom is 0.166 e. The van der Waals surface area contributed by atoms with E-state index in [1.165, 1.54) is 0 Å². The Kier molecular flexibility index (Phi) is 2.59. The van der Waals surface area contributed by atoms with Crippen LogP contribution in [0.1, 0.15) is 18.5 Å². The summed E-state index contributed by atoms with van der Waals surface area (Å²) in [5.41, 5.74) is 1.16. The molecule has 1 aromatic rings. The molecule has 0 radical (unpaired) electrons. The van der Waals surface area contributed by atoms with Crippen LogP contribution in [-0.4, -0.2) is 20.3 Å². The third-order valence-electron chi connectivity index (χ3n) is 2.50. The fourth-order valence-electron chi connectivity index (χ4n) is 1.59. The minimum Gasteiger partial charge on any atom is -0.486 e. The van der Waals surface area contributed by atoms with Crippen molar-refractivity contribution in [2.45, 2.75) is 13.0 Å². The lowest BCUT2D eigenvalue weighted by atomic mass is 10.1. The van der Waals surface area contributed by atoms with Gasteiger partial charge in [-0.1, -0.05) is 12.1 Å². The third kappa shape index (κ3) is 1.55. The van der Waals surface area contributed by atoms with Gasteiger partial charge in [-0.3, -0.25) is 0 Å². The van der Waals surface area contributed by atoms with Gasteiger partial charge in [-0.25, -0.2) is 0 Å². The second-order valence-electron chi connectivity index (χ2n) is 3.38. The Morgan fingerprint density at radius 2 is 2.07 bits per heavy atom. The van der Waals surface area contributed by atoms with Gasteiger partial charge >= 0.3 is 0 Å². The van der Waals surface area contributed by atoms with E-state index in [0.29, 0.717) is 13.2 Å². The van der Waals surface area contributed by atoms with Gasteiger partial charge in [0.25, 0.3) is 0 Å². The molecule has 0 aliphatic carbocycles. The molecular formula is C11H15NO2. The molecule has 1 aromatic carbocycles. The van der Waals surface area contributed by atoms with Crippen LogP contribution in [0, 0.1) is 0 Å². The maximum atomic E-state index is 5.61. The van der Waals surface area contributed by atoms with E-state index in [1.807, 2.05) is 19.2 Å². The Morgan fingerprint density at radius 3 is 2.86 bits per heavy atom. The predicted molar refractivity (Wildman–Crippen MR) is 54.9 cm³/mol. The molecule has 1 N–H and O–H groups in total. The molecule has 1 unspecified atom stereocenters. The van der Waals surface area contributed by atoms with Crippen LogP contribution < -0.4 is 14.8 Å². The van der Waals surface area contributed by atoms with Crippen LogP contribution >= 0.6 is 0 Å². The summed E-state index contributed by atoms with van der Waals surface area (Å²) in [4.78, 5) is 0. The molecular weight excluding hydrogens is 178 g/mol. The number of fused-ring (bicyclic) bond motifs is 1. The molecule has 76 valence electrons. The maximum absolute atomic E-state index is 5.61. The van der Waals surface area contributed by atoms with E-state index in [1.54, 1.807) is 0 Å². The van der Waals surface area contributed by atoms with Gasteiger partial charge in [0.15, 0.2) is 11.5 Å². The highest BCUT2D eigenvalue weighted by atomic mass is 16.6. The number of nitrogens with one attached hydrogen (secondary N) is 1. The lowest BCUT2D eigenvalue weighted by Gasteiger charge is -2.23. The number of benzene rings is 1. The molecule has 0 saturated heterocycles. The van der Waals surface area contributed by atoms with Crippen LogP contribution in [0.3, 0.4) is 0 Å². The summed E-state index contributed by atoms with van der Waals surface area (Å²) in [6.45, 7) is 3.39. The van der Waals surface area contributed by atoms with E-state index in [2.05, 4.69) is 18.3 Å². The van der Waals surface area contributed by atoms with Crippen molar-refractivity contribution < 1.29 is 9.47 Å². The molecule has 0 spiro atoms. The van der Waals surface area contributed by atoms with Gasteiger partial charge in [-0.05, 0) is 20.0 Å². The Morgan fingerprint density at radius 1 is 1.29 bits per heavy atom. The molecule has 0 saturated carbocycles. The summed E-state index contributed by atoms with van der Waals surface area (Å²) in [6, 6.07) is 6.29. The minimum absolute atomic E-state index is 0.284. The van der Waals surface area contributed by atoms with Crippen LogP contribution in [0.4, 0.5) is 0 Å². The van der Waals surface area contributed by atoms with Crippen molar-refractivity contribution in [2.75, 3.05) is 20.3 Å². The van der Waals surface area contributed by atoms with Crippen molar-refractivity contribution in [2.24, 2.45) is 0 Å². The molecule has 14 heavy (non-hydrogen) atoms. The van der Waals surface area contributed by atoms with Crippen molar-refractivity contribution in [3.8, 4) is 11.5 Å². The van der Waals surface area contributed by atoms with E-state index in [-0.39, 0.29) is 6.04 Å². The molecule has 0 fully saturated rings. The average molecular weight is 193 g/mol. The van der Waals surface area contributed by atoms with Gasteiger partial charge in [0.1, 0.15) is 13.2 Å². The van der Waals surface area contributed by atoms with Gasteiger partial charge in [0.2, 0.25) is 0 Å². The lowest BCUT2D eigenvalue weighted by Crippen LogP contribution is -2.19. The Labute approximate surface area is 84.0 Å². The van der Waals surface area contributed by atoms with Crippen LogP contribution in [-0.2, 0) is 0 Å². The van der Waals surface area contributed by atoms with Gasteiger partial charge in [-0.2, -0.15) is 0 Å². The van der Waals surface area contributed by atoms with Crippen molar-refractivity contribution in [1.29, 1.82) is 0 Å². The van der Waals surface area contributed by atoms with Crippen molar-refractivity contribution in [3.63, 3.8) is 0 Å². The summed E-state index contributed by atoms with van der Waals surface area (Å²) in [5.74, 6) is 1.75. The standard InChI is InChI=1S/C11H15NO2/c1-8(12-2)9-4-3-5-10-11(9)14-7-6-13-10/h3-5,8,12H,6-7H2,1-2H3. The SMILES string of the molecule is CNC(C)c1cccc2c1OCCO2. The molecule has 1 heterocycles. The number of para-hydroxylation sites is 1. The van der Waals surface area contributed by atoms with Crippen molar-refractivity contribution in [3.05, 3.63) is 23.8 Å². The van der Waals surface area contributed by atoms with Gasteiger partial charge in [-0.15, -0.1) is 0 Å². The van der Waals surface area contributed by atoms with E-state index < -0.39 is 0 Å². The average Bonchev–Trinajstić information content (AvgIpc) is 2.27. The third-order valence-corrected chi connectivity index (χ3v) is 2.50. The Bertz CT molecular complexity index is 325. The lowest BCUT2D eigenvalue weighted by molar-refractivity contribution is 0.169. The summed E-state index contributed by atoms with van der Waals surface area (Å²) in [5, 5.41) is 3.20. The number of rotatable bonds is 2. The highest BCUT2D eigenvalue weighted by Crippen LogP contribution is 2.36. The quantitative estimate of drug-likeness (QED) is 0.776. The van der Waals surface area contributed by atoms with Gasteiger partial charge < -0.3 is 14.8 Å². The molecule has 0 bridgehead atoms. The molecule has 3 nitrogen and oxygen atoms in total. The molecule has 3 heteroatoms. The predicted octanol–water partition coefficient (Wildman–Crippen LogP) is 1.74. The van der Waals surface area contributed by atoms with Crippen LogP contribution in [0.15, 0.2) is 18.2 Å². The van der Waals surface area contributed by atoms with Crippen LogP contribution in [0.5, 0.6) is 11.5 Å². The molecule has 1 atom stereocenters.